The molecule has 3 aromatic rings. The van der Waals surface area contributed by atoms with Crippen LogP contribution in [0.15, 0.2) is 40.0 Å². The lowest BCUT2D eigenvalue weighted by molar-refractivity contribution is 0.102. The van der Waals surface area contributed by atoms with Crippen molar-refractivity contribution in [2.75, 3.05) is 5.75 Å². The molecular formula is C21H22N2O2S. The number of hydrogen-bond donors (Lipinski definition) is 0. The van der Waals surface area contributed by atoms with Gasteiger partial charge in [-0.3, -0.25) is 4.79 Å². The van der Waals surface area contributed by atoms with Gasteiger partial charge in [0.25, 0.3) is 5.22 Å². The van der Waals surface area contributed by atoms with E-state index in [9.17, 15) is 4.79 Å². The first-order valence-electron chi connectivity index (χ1n) is 8.51. The maximum Gasteiger partial charge on any atom is 0.277 e. The molecule has 0 N–H and O–H groups in total. The second-order valence-corrected chi connectivity index (χ2v) is 7.46. The number of aromatic nitrogens is 2. The van der Waals surface area contributed by atoms with Crippen molar-refractivity contribution in [2.24, 2.45) is 0 Å². The molecule has 2 aromatic carbocycles. The molecule has 0 saturated heterocycles. The molecule has 3 rings (SSSR count). The van der Waals surface area contributed by atoms with Gasteiger partial charge in [0.1, 0.15) is 0 Å². The van der Waals surface area contributed by atoms with E-state index in [1.807, 2.05) is 45.0 Å². The number of rotatable bonds is 5. The van der Waals surface area contributed by atoms with Crippen molar-refractivity contribution in [3.05, 3.63) is 63.7 Å². The highest BCUT2D eigenvalue weighted by Gasteiger charge is 2.18. The molecule has 134 valence electrons. The van der Waals surface area contributed by atoms with Crippen molar-refractivity contribution in [1.29, 1.82) is 0 Å². The van der Waals surface area contributed by atoms with Gasteiger partial charge in [-0.05, 0) is 68.5 Å². The molecule has 26 heavy (non-hydrogen) atoms. The van der Waals surface area contributed by atoms with Crippen LogP contribution in [0.4, 0.5) is 0 Å². The third-order valence-electron chi connectivity index (χ3n) is 4.74. The van der Waals surface area contributed by atoms with Gasteiger partial charge in [0.2, 0.25) is 5.89 Å². The minimum atomic E-state index is 0.0868. The second kappa shape index (κ2) is 7.46. The van der Waals surface area contributed by atoms with E-state index in [-0.39, 0.29) is 11.5 Å². The van der Waals surface area contributed by atoms with E-state index in [0.29, 0.717) is 11.1 Å². The van der Waals surface area contributed by atoms with E-state index >= 15 is 0 Å². The van der Waals surface area contributed by atoms with Gasteiger partial charge in [0.15, 0.2) is 5.78 Å². The molecule has 0 unspecified atom stereocenters. The van der Waals surface area contributed by atoms with Gasteiger partial charge < -0.3 is 4.42 Å². The van der Waals surface area contributed by atoms with Gasteiger partial charge in [-0.2, -0.15) is 0 Å². The standard InChI is InChI=1S/C21H22N2O2S/c1-12-8-6-7-9-17(12)20-22-23-21(25-20)26-11-18(24)19-14(3)10-13(2)15(4)16(19)5/h6-10H,11H2,1-5H3. The Kier molecular flexibility index (Phi) is 5.28. The van der Waals surface area contributed by atoms with Crippen LogP contribution in [-0.2, 0) is 0 Å². The molecule has 0 aliphatic carbocycles. The lowest BCUT2D eigenvalue weighted by Gasteiger charge is -2.13. The predicted octanol–water partition coefficient (Wildman–Crippen LogP) is 5.25. The molecule has 0 atom stereocenters. The normalized spacial score (nSPS) is 11.0. The van der Waals surface area contributed by atoms with Crippen molar-refractivity contribution in [3.8, 4) is 11.5 Å². The summed E-state index contributed by atoms with van der Waals surface area (Å²) in [5.74, 6) is 0.847. The molecule has 1 aromatic heterocycles. The minimum Gasteiger partial charge on any atom is -0.411 e. The van der Waals surface area contributed by atoms with E-state index < -0.39 is 0 Å². The number of thioether (sulfide) groups is 1. The van der Waals surface area contributed by atoms with E-state index in [0.717, 1.165) is 27.8 Å². The molecule has 0 radical (unpaired) electrons. The zero-order valence-corrected chi connectivity index (χ0v) is 16.5. The van der Waals surface area contributed by atoms with E-state index in [4.69, 9.17) is 4.42 Å². The minimum absolute atomic E-state index is 0.0868. The molecule has 1 heterocycles. The third kappa shape index (κ3) is 3.58. The van der Waals surface area contributed by atoms with Crippen molar-refractivity contribution in [3.63, 3.8) is 0 Å². The second-order valence-electron chi connectivity index (χ2n) is 6.54. The molecule has 0 spiro atoms. The topological polar surface area (TPSA) is 56.0 Å². The summed E-state index contributed by atoms with van der Waals surface area (Å²) in [5.41, 5.74) is 7.25. The first-order valence-corrected chi connectivity index (χ1v) is 9.50. The number of Topliss-reactive ketones (excluding diaryl/α,β-unsaturated/α-hetero) is 1. The molecule has 5 heteroatoms. The van der Waals surface area contributed by atoms with Crippen LogP contribution in [0.25, 0.3) is 11.5 Å². The van der Waals surface area contributed by atoms with E-state index in [1.165, 1.54) is 22.9 Å². The lowest BCUT2D eigenvalue weighted by Crippen LogP contribution is -2.09. The average molecular weight is 366 g/mol. The molecule has 0 aliphatic heterocycles. The Hall–Kier alpha value is -2.40. The van der Waals surface area contributed by atoms with Crippen LogP contribution in [0.1, 0.15) is 38.2 Å². The molecule has 0 fully saturated rings. The summed E-state index contributed by atoms with van der Waals surface area (Å²) in [6, 6.07) is 9.93. The number of ketones is 1. The summed E-state index contributed by atoms with van der Waals surface area (Å²) in [4.78, 5) is 12.7. The van der Waals surface area contributed by atoms with Gasteiger partial charge in [0.05, 0.1) is 5.75 Å². The molecule has 4 nitrogen and oxygen atoms in total. The first kappa shape index (κ1) is 18.4. The van der Waals surface area contributed by atoms with Gasteiger partial charge in [-0.25, -0.2) is 0 Å². The molecule has 0 saturated carbocycles. The smallest absolute Gasteiger partial charge is 0.277 e. The van der Waals surface area contributed by atoms with E-state index in [2.05, 4.69) is 30.1 Å². The summed E-state index contributed by atoms with van der Waals surface area (Å²) in [7, 11) is 0. The third-order valence-corrected chi connectivity index (χ3v) is 5.56. The number of carbonyl (C=O) groups is 1. The highest BCUT2D eigenvalue weighted by Crippen LogP contribution is 2.27. The Morgan fingerprint density at radius 2 is 1.69 bits per heavy atom. The van der Waals surface area contributed by atoms with Crippen LogP contribution in [0, 0.1) is 34.6 Å². The number of hydrogen-bond acceptors (Lipinski definition) is 5. The Morgan fingerprint density at radius 3 is 2.42 bits per heavy atom. The van der Waals surface area contributed by atoms with Crippen molar-refractivity contribution in [2.45, 2.75) is 39.8 Å². The highest BCUT2D eigenvalue weighted by atomic mass is 32.2. The fourth-order valence-electron chi connectivity index (χ4n) is 3.10. The summed E-state index contributed by atoms with van der Waals surface area (Å²) in [6.07, 6.45) is 0. The largest absolute Gasteiger partial charge is 0.411 e. The monoisotopic (exact) mass is 366 g/mol. The highest BCUT2D eigenvalue weighted by molar-refractivity contribution is 7.99. The Labute approximate surface area is 158 Å². The maximum atomic E-state index is 12.7. The summed E-state index contributed by atoms with van der Waals surface area (Å²) >= 11 is 1.28. The van der Waals surface area contributed by atoms with Crippen LogP contribution >= 0.6 is 11.8 Å². The molecule has 0 amide bonds. The van der Waals surface area contributed by atoms with Crippen molar-refractivity contribution < 1.29 is 9.21 Å². The molecular weight excluding hydrogens is 344 g/mol. The summed E-state index contributed by atoms with van der Waals surface area (Å²) in [5, 5.41) is 8.59. The number of aryl methyl sites for hydroxylation is 3. The van der Waals surface area contributed by atoms with Crippen LogP contribution in [-0.4, -0.2) is 21.7 Å². The van der Waals surface area contributed by atoms with Crippen molar-refractivity contribution >= 4 is 17.5 Å². The summed E-state index contributed by atoms with van der Waals surface area (Å²) in [6.45, 7) is 10.1. The Bertz CT molecular complexity index is 976. The lowest BCUT2D eigenvalue weighted by atomic mass is 9.92. The Balaban J connectivity index is 1.76. The SMILES string of the molecule is Cc1ccccc1-c1nnc(SCC(=O)c2c(C)cc(C)c(C)c2C)o1. The molecule has 0 aliphatic rings. The maximum absolute atomic E-state index is 12.7. The van der Waals surface area contributed by atoms with Crippen LogP contribution < -0.4 is 0 Å². The van der Waals surface area contributed by atoms with Gasteiger partial charge in [-0.1, -0.05) is 36.0 Å². The molecule has 0 bridgehead atoms. The van der Waals surface area contributed by atoms with Crippen molar-refractivity contribution in [1.82, 2.24) is 10.2 Å². The zero-order valence-electron chi connectivity index (χ0n) is 15.7. The zero-order chi connectivity index (χ0) is 18.8. The van der Waals surface area contributed by atoms with Gasteiger partial charge >= 0.3 is 0 Å². The van der Waals surface area contributed by atoms with Crippen LogP contribution in [0.5, 0.6) is 0 Å². The number of carbonyl (C=O) groups excluding carboxylic acids is 1. The fraction of sp³-hybridized carbons (Fsp3) is 0.286. The fourth-order valence-corrected chi connectivity index (χ4v) is 3.74. The van der Waals surface area contributed by atoms with E-state index in [1.54, 1.807) is 0 Å². The Morgan fingerprint density at radius 1 is 0.962 bits per heavy atom. The first-order chi connectivity index (χ1) is 12.4. The number of nitrogens with zero attached hydrogens (tertiary/aromatic N) is 2. The number of benzene rings is 2. The predicted molar refractivity (Wildman–Crippen MR) is 105 cm³/mol. The van der Waals surface area contributed by atoms with Gasteiger partial charge in [-0.15, -0.1) is 10.2 Å². The van der Waals surface area contributed by atoms with Gasteiger partial charge in [0, 0.05) is 11.1 Å². The summed E-state index contributed by atoms with van der Waals surface area (Å²) < 4.78 is 5.73. The quantitative estimate of drug-likeness (QED) is 0.456. The van der Waals surface area contributed by atoms with Crippen LogP contribution in [0.3, 0.4) is 0 Å². The average Bonchev–Trinajstić information content (AvgIpc) is 3.07. The van der Waals surface area contributed by atoms with Crippen LogP contribution in [0.2, 0.25) is 0 Å².